The Balaban J connectivity index is 1.32. The summed E-state index contributed by atoms with van der Waals surface area (Å²) in [5.41, 5.74) is 2.65. The summed E-state index contributed by atoms with van der Waals surface area (Å²) in [5.74, 6) is 0.705. The standard InChI is InChI=1S/C28H22Cl2N4O4S/c1-3-39(36,37)24-9-4-17(16-32-24)12-21(35)13-18-14-22(29)25(23(30)15-18)28(10-11-28)27-33-26(38-34-27)19-5-7-20(31-2)8-6-19/h4-9,14-16H,3,10-13H2,1H3. The number of sulfone groups is 1. The molecule has 0 bridgehead atoms. The molecule has 4 aromatic rings. The molecule has 1 saturated carbocycles. The van der Waals surface area contributed by atoms with Crippen molar-refractivity contribution in [2.75, 3.05) is 5.75 Å². The number of nitrogens with zero attached hydrogens (tertiary/aromatic N) is 4. The minimum atomic E-state index is -3.40. The van der Waals surface area contributed by atoms with Gasteiger partial charge in [0, 0.05) is 40.2 Å². The molecule has 11 heteroatoms. The van der Waals surface area contributed by atoms with Crippen molar-refractivity contribution in [3.63, 3.8) is 0 Å². The molecular weight excluding hydrogens is 559 g/mol. The van der Waals surface area contributed by atoms with E-state index in [4.69, 9.17) is 34.3 Å². The molecule has 0 saturated heterocycles. The van der Waals surface area contributed by atoms with Crippen molar-refractivity contribution >= 4 is 44.5 Å². The number of rotatable bonds is 9. The van der Waals surface area contributed by atoms with Gasteiger partial charge in [0.15, 0.2) is 26.4 Å². The Hall–Kier alpha value is -3.58. The zero-order valence-electron chi connectivity index (χ0n) is 20.8. The maximum atomic E-state index is 12.8. The van der Waals surface area contributed by atoms with Crippen LogP contribution in [0.15, 0.2) is 64.3 Å². The Morgan fingerprint density at radius 2 is 1.72 bits per heavy atom. The number of halogens is 2. The van der Waals surface area contributed by atoms with E-state index in [0.29, 0.717) is 49.7 Å². The Morgan fingerprint density at radius 3 is 2.28 bits per heavy atom. The fraction of sp³-hybridized carbons (Fsp3) is 0.250. The average Bonchev–Trinajstić information content (AvgIpc) is 3.54. The second-order valence-corrected chi connectivity index (χ2v) is 12.4. The van der Waals surface area contributed by atoms with Gasteiger partial charge in [0.1, 0.15) is 5.78 Å². The number of hydrogen-bond donors (Lipinski definition) is 0. The molecule has 8 nitrogen and oxygen atoms in total. The van der Waals surface area contributed by atoms with E-state index in [1.807, 2.05) is 0 Å². The first kappa shape index (κ1) is 27.0. The SMILES string of the molecule is [C-]#[N+]c1ccc(-c2nc(C3(c4c(Cl)cc(CC(=O)Cc5ccc(S(=O)(=O)CC)nc5)cc4Cl)CC3)no2)cc1. The number of benzene rings is 2. The van der Waals surface area contributed by atoms with E-state index in [2.05, 4.69) is 20.0 Å². The minimum Gasteiger partial charge on any atom is -0.334 e. The quantitative estimate of drug-likeness (QED) is 0.216. The first-order valence-corrected chi connectivity index (χ1v) is 14.6. The molecule has 2 aromatic heterocycles. The molecule has 0 N–H and O–H groups in total. The van der Waals surface area contributed by atoms with Gasteiger partial charge < -0.3 is 4.52 Å². The van der Waals surface area contributed by atoms with Crippen molar-refractivity contribution in [3.05, 3.63) is 98.7 Å². The van der Waals surface area contributed by atoms with Crippen molar-refractivity contribution in [2.45, 2.75) is 43.0 Å². The van der Waals surface area contributed by atoms with Crippen molar-refractivity contribution in [1.82, 2.24) is 15.1 Å². The number of pyridine rings is 1. The molecule has 0 atom stereocenters. The van der Waals surface area contributed by atoms with Gasteiger partial charge in [-0.1, -0.05) is 65.6 Å². The molecule has 2 aromatic carbocycles. The van der Waals surface area contributed by atoms with Gasteiger partial charge in [-0.15, -0.1) is 0 Å². The second-order valence-electron chi connectivity index (χ2n) is 9.40. The molecule has 5 rings (SSSR count). The van der Waals surface area contributed by atoms with Gasteiger partial charge in [-0.3, -0.25) is 4.79 Å². The van der Waals surface area contributed by atoms with E-state index in [1.165, 1.54) is 12.3 Å². The number of ketones is 1. The van der Waals surface area contributed by atoms with E-state index in [9.17, 15) is 13.2 Å². The lowest BCUT2D eigenvalue weighted by Crippen LogP contribution is -2.14. The van der Waals surface area contributed by atoms with Gasteiger partial charge >= 0.3 is 0 Å². The summed E-state index contributed by atoms with van der Waals surface area (Å²) in [6.45, 7) is 8.65. The van der Waals surface area contributed by atoms with Crippen molar-refractivity contribution in [3.8, 4) is 11.5 Å². The molecule has 1 aliphatic carbocycles. The third-order valence-corrected chi connectivity index (χ3v) is 8.96. The highest BCUT2D eigenvalue weighted by Crippen LogP contribution is 2.56. The van der Waals surface area contributed by atoms with E-state index < -0.39 is 15.3 Å². The topological polar surface area (TPSA) is 107 Å². The predicted molar refractivity (Wildman–Crippen MR) is 147 cm³/mol. The number of Topliss-reactive ketones (excluding diaryl/α,β-unsaturated/α-hetero) is 1. The third kappa shape index (κ3) is 5.46. The third-order valence-electron chi connectivity index (χ3n) is 6.73. The Bertz CT molecular complexity index is 1680. The molecule has 0 aliphatic heterocycles. The number of carbonyl (C=O) groups excluding carboxylic acids is 1. The molecule has 0 spiro atoms. The summed E-state index contributed by atoms with van der Waals surface area (Å²) in [4.78, 5) is 24.7. The average molecular weight is 581 g/mol. The predicted octanol–water partition coefficient (Wildman–Crippen LogP) is 6.22. The van der Waals surface area contributed by atoms with Crippen LogP contribution < -0.4 is 0 Å². The Morgan fingerprint density at radius 1 is 1.05 bits per heavy atom. The fourth-order valence-corrected chi connectivity index (χ4v) is 6.15. The Kier molecular flexibility index (Phi) is 7.29. The summed E-state index contributed by atoms with van der Waals surface area (Å²) in [5, 5.41) is 5.05. The first-order valence-electron chi connectivity index (χ1n) is 12.1. The number of hydrogen-bond acceptors (Lipinski definition) is 7. The highest BCUT2D eigenvalue weighted by atomic mass is 35.5. The second kappa shape index (κ2) is 10.5. The van der Waals surface area contributed by atoms with Crippen LogP contribution in [0.25, 0.3) is 16.3 Å². The monoisotopic (exact) mass is 580 g/mol. The zero-order chi connectivity index (χ0) is 27.8. The van der Waals surface area contributed by atoms with Crippen LogP contribution in [-0.4, -0.2) is 35.1 Å². The van der Waals surface area contributed by atoms with Crippen molar-refractivity contribution in [2.24, 2.45) is 0 Å². The summed E-state index contributed by atoms with van der Waals surface area (Å²) in [7, 11) is -3.40. The summed E-state index contributed by atoms with van der Waals surface area (Å²) in [6, 6.07) is 13.4. The van der Waals surface area contributed by atoms with E-state index in [1.54, 1.807) is 49.4 Å². The zero-order valence-corrected chi connectivity index (χ0v) is 23.1. The lowest BCUT2D eigenvalue weighted by Gasteiger charge is -2.16. The summed E-state index contributed by atoms with van der Waals surface area (Å²) in [6.07, 6.45) is 3.12. The van der Waals surface area contributed by atoms with Crippen molar-refractivity contribution in [1.29, 1.82) is 0 Å². The molecule has 39 heavy (non-hydrogen) atoms. The fourth-order valence-electron chi connectivity index (χ4n) is 4.47. The summed E-state index contributed by atoms with van der Waals surface area (Å²) >= 11 is 13.4. The highest BCUT2D eigenvalue weighted by molar-refractivity contribution is 7.91. The molecule has 2 heterocycles. The highest BCUT2D eigenvalue weighted by Gasteiger charge is 2.52. The van der Waals surface area contributed by atoms with Crippen molar-refractivity contribution < 1.29 is 17.7 Å². The largest absolute Gasteiger partial charge is 0.334 e. The Labute approximate surface area is 235 Å². The normalized spacial score (nSPS) is 14.1. The maximum absolute atomic E-state index is 12.8. The molecule has 198 valence electrons. The van der Waals surface area contributed by atoms with Crippen LogP contribution >= 0.6 is 23.2 Å². The number of aromatic nitrogens is 3. The van der Waals surface area contributed by atoms with Crippen LogP contribution in [0.3, 0.4) is 0 Å². The lowest BCUT2D eigenvalue weighted by atomic mass is 9.92. The molecular formula is C28H22Cl2N4O4S. The van der Waals surface area contributed by atoms with E-state index in [0.717, 1.165) is 12.8 Å². The van der Waals surface area contributed by atoms with Crippen LogP contribution in [0.1, 0.15) is 42.3 Å². The van der Waals surface area contributed by atoms with Gasteiger partial charge in [-0.25, -0.2) is 18.2 Å². The summed E-state index contributed by atoms with van der Waals surface area (Å²) < 4.78 is 29.4. The van der Waals surface area contributed by atoms with Crippen LogP contribution in [-0.2, 0) is 32.9 Å². The number of carbonyl (C=O) groups is 1. The van der Waals surface area contributed by atoms with Crippen LogP contribution in [0.5, 0.6) is 0 Å². The van der Waals surface area contributed by atoms with Crippen LogP contribution in [0.2, 0.25) is 10.0 Å². The lowest BCUT2D eigenvalue weighted by molar-refractivity contribution is -0.117. The van der Waals surface area contributed by atoms with Gasteiger partial charge in [-0.2, -0.15) is 4.98 Å². The van der Waals surface area contributed by atoms with Gasteiger partial charge in [0.2, 0.25) is 0 Å². The molecule has 1 aliphatic rings. The smallest absolute Gasteiger partial charge is 0.257 e. The van der Waals surface area contributed by atoms with Gasteiger partial charge in [0.05, 0.1) is 17.7 Å². The molecule has 0 amide bonds. The van der Waals surface area contributed by atoms with Crippen LogP contribution in [0, 0.1) is 6.57 Å². The van der Waals surface area contributed by atoms with Crippen LogP contribution in [0.4, 0.5) is 5.69 Å². The van der Waals surface area contributed by atoms with Gasteiger partial charge in [-0.05, 0) is 42.2 Å². The van der Waals surface area contributed by atoms with E-state index in [-0.39, 0.29) is 29.4 Å². The minimum absolute atomic E-state index is 0.00363. The van der Waals surface area contributed by atoms with E-state index >= 15 is 0 Å². The molecule has 1 fully saturated rings. The molecule has 0 unspecified atom stereocenters. The maximum Gasteiger partial charge on any atom is 0.257 e. The first-order chi connectivity index (χ1) is 18.6. The molecule has 0 radical (unpaired) electrons. The van der Waals surface area contributed by atoms with Gasteiger partial charge in [0.25, 0.3) is 5.89 Å².